The van der Waals surface area contributed by atoms with E-state index in [1.165, 1.54) is 0 Å². The van der Waals surface area contributed by atoms with Gasteiger partial charge in [-0.15, -0.1) is 0 Å². The van der Waals surface area contributed by atoms with Crippen LogP contribution in [0.15, 0.2) is 23.8 Å². The largest absolute Gasteiger partial charge is 0.346 e. The molecule has 0 saturated heterocycles. The zero-order chi connectivity index (χ0) is 8.10. The van der Waals surface area contributed by atoms with Gasteiger partial charge in [-0.3, -0.25) is 0 Å². The molecule has 0 saturated carbocycles. The van der Waals surface area contributed by atoms with Crippen molar-refractivity contribution in [2.24, 2.45) is 0 Å². The lowest BCUT2D eigenvalue weighted by Crippen LogP contribution is -2.12. The van der Waals surface area contributed by atoms with Crippen molar-refractivity contribution in [1.82, 2.24) is 0 Å². The molecular weight excluding hydrogens is 144 g/mol. The zero-order valence-electron chi connectivity index (χ0n) is 6.23. The van der Waals surface area contributed by atoms with Crippen molar-refractivity contribution in [3.63, 3.8) is 0 Å². The van der Waals surface area contributed by atoms with E-state index in [9.17, 15) is 0 Å². The Hall–Kier alpha value is -0.640. The van der Waals surface area contributed by atoms with E-state index in [-0.39, 0.29) is 0 Å². The fraction of sp³-hybridized carbons (Fsp3) is 0.500. The summed E-state index contributed by atoms with van der Waals surface area (Å²) >= 11 is 0. The molecule has 0 bridgehead atoms. The molecule has 3 heteroatoms. The first-order chi connectivity index (χ1) is 5.29. The van der Waals surface area contributed by atoms with E-state index in [0.717, 1.165) is 18.4 Å². The van der Waals surface area contributed by atoms with Gasteiger partial charge in [-0.25, -0.2) is 0 Å². The first-order valence-corrected chi connectivity index (χ1v) is 3.61. The lowest BCUT2D eigenvalue weighted by Gasteiger charge is -2.10. The summed E-state index contributed by atoms with van der Waals surface area (Å²) in [5.41, 5.74) is 1.10. The lowest BCUT2D eigenvalue weighted by atomic mass is 10.1. The highest BCUT2D eigenvalue weighted by Crippen LogP contribution is 2.11. The van der Waals surface area contributed by atoms with Crippen LogP contribution in [0.3, 0.4) is 0 Å². The second kappa shape index (κ2) is 4.28. The van der Waals surface area contributed by atoms with Crippen LogP contribution >= 0.6 is 0 Å². The van der Waals surface area contributed by atoms with E-state index in [1.807, 2.05) is 12.2 Å². The Labute approximate surface area is 65.6 Å². The molecular formula is C8H12O3. The molecule has 0 amide bonds. The quantitative estimate of drug-likeness (QED) is 0.586. The summed E-state index contributed by atoms with van der Waals surface area (Å²) in [5, 5.41) is 16.7. The van der Waals surface area contributed by atoms with Crippen molar-refractivity contribution in [2.45, 2.75) is 19.3 Å². The number of allylic oxidation sites excluding steroid dienone is 3. The summed E-state index contributed by atoms with van der Waals surface area (Å²) in [6, 6.07) is 0. The minimum Gasteiger partial charge on any atom is -0.346 e. The smallest absolute Gasteiger partial charge is 0.266 e. The average Bonchev–Trinajstić information content (AvgIpc) is 2.03. The summed E-state index contributed by atoms with van der Waals surface area (Å²) in [4.78, 5) is 0. The summed E-state index contributed by atoms with van der Waals surface area (Å²) < 4.78 is 4.59. The van der Waals surface area contributed by atoms with Gasteiger partial charge in [0.1, 0.15) is 0 Å². The van der Waals surface area contributed by atoms with E-state index in [4.69, 9.17) is 10.2 Å². The summed E-state index contributed by atoms with van der Waals surface area (Å²) in [7, 11) is 0. The molecule has 0 aromatic rings. The van der Waals surface area contributed by atoms with Gasteiger partial charge in [-0.05, 0) is 18.4 Å². The molecule has 0 aliphatic heterocycles. The van der Waals surface area contributed by atoms with Gasteiger partial charge in [0.15, 0.2) is 0 Å². The van der Waals surface area contributed by atoms with Crippen LogP contribution < -0.4 is 0 Å². The molecule has 0 unspecified atom stereocenters. The van der Waals surface area contributed by atoms with E-state index in [0.29, 0.717) is 6.61 Å². The van der Waals surface area contributed by atoms with Crippen LogP contribution in [0.5, 0.6) is 0 Å². The summed E-state index contributed by atoms with van der Waals surface area (Å²) in [6.07, 6.45) is 7.91. The predicted octanol–water partition coefficient (Wildman–Crippen LogP) is 0.548. The van der Waals surface area contributed by atoms with Gasteiger partial charge in [0.05, 0.1) is 6.61 Å². The van der Waals surface area contributed by atoms with Gasteiger partial charge in [-0.2, -0.15) is 0 Å². The Balaban J connectivity index is 2.25. The molecule has 3 nitrogen and oxygen atoms in total. The van der Waals surface area contributed by atoms with Crippen LogP contribution in [0.25, 0.3) is 0 Å². The highest BCUT2D eigenvalue weighted by atomic mass is 16.7. The van der Waals surface area contributed by atoms with Crippen LogP contribution in [0, 0.1) is 0 Å². The second-order valence-electron chi connectivity index (χ2n) is 2.43. The Morgan fingerprint density at radius 2 is 2.36 bits per heavy atom. The van der Waals surface area contributed by atoms with Crippen LogP contribution in [-0.2, 0) is 4.74 Å². The van der Waals surface area contributed by atoms with E-state index >= 15 is 0 Å². The third kappa shape index (κ3) is 3.32. The first kappa shape index (κ1) is 8.46. The van der Waals surface area contributed by atoms with Crippen LogP contribution in [0.2, 0.25) is 0 Å². The minimum absolute atomic E-state index is 0.308. The SMILES string of the molecule is OC(O)OCC1=CC=CCC1. The van der Waals surface area contributed by atoms with Crippen molar-refractivity contribution < 1.29 is 14.9 Å². The third-order valence-corrected chi connectivity index (χ3v) is 1.52. The minimum atomic E-state index is -1.65. The lowest BCUT2D eigenvalue weighted by molar-refractivity contribution is -0.229. The molecule has 2 N–H and O–H groups in total. The summed E-state index contributed by atoms with van der Waals surface area (Å²) in [5.74, 6) is 0. The van der Waals surface area contributed by atoms with Crippen molar-refractivity contribution in [1.29, 1.82) is 0 Å². The Morgan fingerprint density at radius 1 is 1.55 bits per heavy atom. The molecule has 1 aliphatic carbocycles. The molecule has 0 spiro atoms. The highest BCUT2D eigenvalue weighted by molar-refractivity contribution is 5.17. The molecule has 0 atom stereocenters. The predicted molar refractivity (Wildman–Crippen MR) is 40.6 cm³/mol. The maximum Gasteiger partial charge on any atom is 0.266 e. The molecule has 1 rings (SSSR count). The molecule has 0 aromatic carbocycles. The highest BCUT2D eigenvalue weighted by Gasteiger charge is 2.02. The number of hydrogen-bond acceptors (Lipinski definition) is 3. The van der Waals surface area contributed by atoms with Gasteiger partial charge in [-0.1, -0.05) is 18.2 Å². The Bertz CT molecular complexity index is 170. The van der Waals surface area contributed by atoms with Gasteiger partial charge >= 0.3 is 0 Å². The maximum atomic E-state index is 8.37. The second-order valence-corrected chi connectivity index (χ2v) is 2.43. The maximum absolute atomic E-state index is 8.37. The number of rotatable bonds is 3. The molecule has 62 valence electrons. The third-order valence-electron chi connectivity index (χ3n) is 1.52. The van der Waals surface area contributed by atoms with Gasteiger partial charge < -0.3 is 14.9 Å². The van der Waals surface area contributed by atoms with Crippen LogP contribution in [-0.4, -0.2) is 23.3 Å². The number of aliphatic hydroxyl groups is 2. The van der Waals surface area contributed by atoms with Crippen molar-refractivity contribution in [3.8, 4) is 0 Å². The van der Waals surface area contributed by atoms with Crippen LogP contribution in [0.4, 0.5) is 0 Å². The fourth-order valence-corrected chi connectivity index (χ4v) is 0.954. The molecule has 0 heterocycles. The first-order valence-electron chi connectivity index (χ1n) is 3.61. The molecule has 0 aromatic heterocycles. The van der Waals surface area contributed by atoms with Crippen molar-refractivity contribution in [3.05, 3.63) is 23.8 Å². The number of ether oxygens (including phenoxy) is 1. The van der Waals surface area contributed by atoms with Crippen molar-refractivity contribution in [2.75, 3.05) is 6.61 Å². The fourth-order valence-electron chi connectivity index (χ4n) is 0.954. The summed E-state index contributed by atoms with van der Waals surface area (Å²) in [6.45, 7) is -1.34. The van der Waals surface area contributed by atoms with Gasteiger partial charge in [0, 0.05) is 0 Å². The number of aliphatic hydroxyl groups excluding tert-OH is 1. The Kier molecular flexibility index (Phi) is 3.29. The zero-order valence-corrected chi connectivity index (χ0v) is 6.23. The van der Waals surface area contributed by atoms with E-state index in [1.54, 1.807) is 0 Å². The standard InChI is InChI=1S/C8H12O3/c9-8(10)11-6-7-4-2-1-3-5-7/h1-2,4,8-10H,3,5-6H2. The van der Waals surface area contributed by atoms with Crippen molar-refractivity contribution >= 4 is 0 Å². The van der Waals surface area contributed by atoms with Gasteiger partial charge in [0.2, 0.25) is 0 Å². The monoisotopic (exact) mass is 156 g/mol. The average molecular weight is 156 g/mol. The number of hydrogen-bond donors (Lipinski definition) is 2. The molecule has 11 heavy (non-hydrogen) atoms. The molecule has 0 radical (unpaired) electrons. The van der Waals surface area contributed by atoms with E-state index < -0.39 is 6.48 Å². The molecule has 0 fully saturated rings. The van der Waals surface area contributed by atoms with Crippen LogP contribution in [0.1, 0.15) is 12.8 Å². The molecule has 1 aliphatic rings. The van der Waals surface area contributed by atoms with E-state index in [2.05, 4.69) is 10.8 Å². The topological polar surface area (TPSA) is 49.7 Å². The Morgan fingerprint density at radius 3 is 2.91 bits per heavy atom. The van der Waals surface area contributed by atoms with Gasteiger partial charge in [0.25, 0.3) is 6.48 Å². The normalized spacial score (nSPS) is 17.2.